The Kier molecular flexibility index (Phi) is 7.00. The molecule has 1 amide bonds. The number of nitrogens with zero attached hydrogens (tertiary/aromatic N) is 2. The molecule has 0 aromatic heterocycles. The van der Waals surface area contributed by atoms with E-state index in [4.69, 9.17) is 0 Å². The first kappa shape index (κ1) is 21.1. The summed E-state index contributed by atoms with van der Waals surface area (Å²) in [4.78, 5) is 14.0. The molecule has 2 aliphatic rings. The van der Waals surface area contributed by atoms with E-state index in [0.29, 0.717) is 19.2 Å². The quantitative estimate of drug-likeness (QED) is 0.748. The van der Waals surface area contributed by atoms with Crippen LogP contribution in [0.1, 0.15) is 38.5 Å². The van der Waals surface area contributed by atoms with Crippen molar-refractivity contribution in [1.29, 1.82) is 0 Å². The zero-order valence-corrected chi connectivity index (χ0v) is 16.7. The van der Waals surface area contributed by atoms with Crippen LogP contribution in [0, 0.1) is 11.6 Å². The number of hydrogen-bond acceptors (Lipinski definition) is 4. The highest BCUT2D eigenvalue weighted by Gasteiger charge is 2.30. The standard InChI is InChI=1S/C19H27F2N3O3S/c20-17-8-7-16(13-18(17)21)28(26,27)24-11-9-23(10-12-24)14-19(25)22-15-5-3-1-2-4-6-15/h7-8,13,15H,1-6,9-12,14H2,(H,22,25). The first-order chi connectivity index (χ1) is 13.4. The van der Waals surface area contributed by atoms with Gasteiger partial charge >= 0.3 is 0 Å². The molecule has 1 aromatic rings. The molecule has 0 radical (unpaired) electrons. The van der Waals surface area contributed by atoms with E-state index in [0.717, 1.165) is 37.8 Å². The zero-order valence-electron chi connectivity index (χ0n) is 15.9. The summed E-state index contributed by atoms with van der Waals surface area (Å²) in [5, 5.41) is 3.10. The lowest BCUT2D eigenvalue weighted by Crippen LogP contribution is -2.51. The second-order valence-electron chi connectivity index (χ2n) is 7.51. The Morgan fingerprint density at radius 1 is 1.00 bits per heavy atom. The maximum atomic E-state index is 13.4. The number of carbonyl (C=O) groups excluding carboxylic acids is 1. The van der Waals surface area contributed by atoms with Gasteiger partial charge in [0.2, 0.25) is 15.9 Å². The van der Waals surface area contributed by atoms with Gasteiger partial charge in [-0.3, -0.25) is 9.69 Å². The van der Waals surface area contributed by atoms with Crippen molar-refractivity contribution in [2.24, 2.45) is 0 Å². The normalized spacial score (nSPS) is 20.6. The van der Waals surface area contributed by atoms with Crippen LogP contribution in [-0.4, -0.2) is 62.3 Å². The fraction of sp³-hybridized carbons (Fsp3) is 0.632. The Bertz CT molecular complexity index is 788. The van der Waals surface area contributed by atoms with E-state index in [1.165, 1.54) is 17.1 Å². The molecule has 1 aromatic carbocycles. The highest BCUT2D eigenvalue weighted by molar-refractivity contribution is 7.89. The van der Waals surface area contributed by atoms with Crippen molar-refractivity contribution < 1.29 is 22.0 Å². The number of rotatable bonds is 5. The number of benzene rings is 1. The molecule has 0 atom stereocenters. The summed E-state index contributed by atoms with van der Waals surface area (Å²) in [6, 6.07) is 2.83. The van der Waals surface area contributed by atoms with Crippen LogP contribution in [0.2, 0.25) is 0 Å². The minimum absolute atomic E-state index is 0.0242. The molecule has 1 saturated carbocycles. The summed E-state index contributed by atoms with van der Waals surface area (Å²) in [7, 11) is -3.88. The highest BCUT2D eigenvalue weighted by Crippen LogP contribution is 2.20. The van der Waals surface area contributed by atoms with Crippen molar-refractivity contribution in [1.82, 2.24) is 14.5 Å². The van der Waals surface area contributed by atoms with E-state index in [1.807, 2.05) is 4.90 Å². The van der Waals surface area contributed by atoms with Gasteiger partial charge in [-0.25, -0.2) is 17.2 Å². The first-order valence-corrected chi connectivity index (χ1v) is 11.3. The molecule has 156 valence electrons. The van der Waals surface area contributed by atoms with E-state index in [-0.39, 0.29) is 36.5 Å². The lowest BCUT2D eigenvalue weighted by atomic mass is 10.1. The third-order valence-corrected chi connectivity index (χ3v) is 7.34. The molecule has 0 spiro atoms. The van der Waals surface area contributed by atoms with Crippen molar-refractivity contribution in [3.8, 4) is 0 Å². The Labute approximate surface area is 164 Å². The molecule has 1 aliphatic carbocycles. The Morgan fingerprint density at radius 3 is 2.25 bits per heavy atom. The minimum Gasteiger partial charge on any atom is -0.352 e. The van der Waals surface area contributed by atoms with Gasteiger partial charge in [-0.2, -0.15) is 4.31 Å². The van der Waals surface area contributed by atoms with E-state index in [9.17, 15) is 22.0 Å². The van der Waals surface area contributed by atoms with Gasteiger partial charge in [0.25, 0.3) is 0 Å². The molecule has 2 fully saturated rings. The van der Waals surface area contributed by atoms with E-state index >= 15 is 0 Å². The van der Waals surface area contributed by atoms with Crippen LogP contribution in [0.15, 0.2) is 23.1 Å². The fourth-order valence-electron chi connectivity index (χ4n) is 3.81. The van der Waals surface area contributed by atoms with Gasteiger partial charge in [-0.1, -0.05) is 25.7 Å². The Hall–Kier alpha value is -1.58. The maximum Gasteiger partial charge on any atom is 0.243 e. The SMILES string of the molecule is O=C(CN1CCN(S(=O)(=O)c2ccc(F)c(F)c2)CC1)NC1CCCCCC1. The highest BCUT2D eigenvalue weighted by atomic mass is 32.2. The van der Waals surface area contributed by atoms with Crippen molar-refractivity contribution in [3.05, 3.63) is 29.8 Å². The molecular weight excluding hydrogens is 388 g/mol. The van der Waals surface area contributed by atoms with Crippen LogP contribution in [0.5, 0.6) is 0 Å². The van der Waals surface area contributed by atoms with Crippen LogP contribution in [0.25, 0.3) is 0 Å². The number of piperazine rings is 1. The lowest BCUT2D eigenvalue weighted by molar-refractivity contribution is -0.123. The van der Waals surface area contributed by atoms with E-state index in [1.54, 1.807) is 0 Å². The Morgan fingerprint density at radius 2 is 1.64 bits per heavy atom. The van der Waals surface area contributed by atoms with Crippen LogP contribution in [0.4, 0.5) is 8.78 Å². The van der Waals surface area contributed by atoms with Crippen molar-refractivity contribution in [2.45, 2.75) is 49.5 Å². The predicted molar refractivity (Wildman–Crippen MR) is 101 cm³/mol. The van der Waals surface area contributed by atoms with Crippen LogP contribution in [0.3, 0.4) is 0 Å². The predicted octanol–water partition coefficient (Wildman–Crippen LogP) is 2.11. The maximum absolute atomic E-state index is 13.4. The van der Waals surface area contributed by atoms with Gasteiger partial charge in [0.1, 0.15) is 0 Å². The van der Waals surface area contributed by atoms with Gasteiger partial charge in [0, 0.05) is 32.2 Å². The number of carbonyl (C=O) groups is 1. The average Bonchev–Trinajstić information content (AvgIpc) is 2.93. The molecule has 0 unspecified atom stereocenters. The summed E-state index contributed by atoms with van der Waals surface area (Å²) >= 11 is 0. The molecule has 9 heteroatoms. The van der Waals surface area contributed by atoms with Crippen molar-refractivity contribution >= 4 is 15.9 Å². The third-order valence-electron chi connectivity index (χ3n) is 5.45. The van der Waals surface area contributed by atoms with Crippen LogP contribution in [-0.2, 0) is 14.8 Å². The van der Waals surface area contributed by atoms with Gasteiger partial charge in [0.15, 0.2) is 11.6 Å². The van der Waals surface area contributed by atoms with Crippen molar-refractivity contribution in [3.63, 3.8) is 0 Å². The molecule has 1 aliphatic heterocycles. The number of nitrogens with one attached hydrogen (secondary N) is 1. The van der Waals surface area contributed by atoms with Crippen molar-refractivity contribution in [2.75, 3.05) is 32.7 Å². The molecule has 3 rings (SSSR count). The van der Waals surface area contributed by atoms with E-state index < -0.39 is 21.7 Å². The number of sulfonamides is 1. The fourth-order valence-corrected chi connectivity index (χ4v) is 5.25. The number of amides is 1. The molecule has 28 heavy (non-hydrogen) atoms. The molecule has 0 bridgehead atoms. The minimum atomic E-state index is -3.88. The topological polar surface area (TPSA) is 69.7 Å². The average molecular weight is 416 g/mol. The molecule has 1 N–H and O–H groups in total. The number of halogens is 2. The third kappa shape index (κ3) is 5.27. The molecule has 1 saturated heterocycles. The summed E-state index contributed by atoms with van der Waals surface area (Å²) in [6.07, 6.45) is 6.77. The smallest absolute Gasteiger partial charge is 0.243 e. The first-order valence-electron chi connectivity index (χ1n) is 9.83. The second kappa shape index (κ2) is 9.28. The largest absolute Gasteiger partial charge is 0.352 e. The number of hydrogen-bond donors (Lipinski definition) is 1. The molecule has 6 nitrogen and oxygen atoms in total. The van der Waals surface area contributed by atoms with Gasteiger partial charge < -0.3 is 5.32 Å². The monoisotopic (exact) mass is 415 g/mol. The zero-order chi connectivity index (χ0) is 20.1. The molecule has 1 heterocycles. The summed E-state index contributed by atoms with van der Waals surface area (Å²) in [6.45, 7) is 1.49. The van der Waals surface area contributed by atoms with Crippen LogP contribution >= 0.6 is 0 Å². The summed E-state index contributed by atoms with van der Waals surface area (Å²) < 4.78 is 52.9. The van der Waals surface area contributed by atoms with Gasteiger partial charge in [0.05, 0.1) is 11.4 Å². The Balaban J connectivity index is 1.50. The molecular formula is C19H27F2N3O3S. The van der Waals surface area contributed by atoms with Crippen LogP contribution < -0.4 is 5.32 Å². The van der Waals surface area contributed by atoms with Gasteiger partial charge in [-0.05, 0) is 31.0 Å². The summed E-state index contributed by atoms with van der Waals surface area (Å²) in [5.41, 5.74) is 0. The summed E-state index contributed by atoms with van der Waals surface area (Å²) in [5.74, 6) is -2.29. The second-order valence-corrected chi connectivity index (χ2v) is 9.45. The lowest BCUT2D eigenvalue weighted by Gasteiger charge is -2.33. The van der Waals surface area contributed by atoms with Gasteiger partial charge in [-0.15, -0.1) is 0 Å². The van der Waals surface area contributed by atoms with E-state index in [2.05, 4.69) is 5.32 Å².